The molecule has 1 aromatic heterocycles. The van der Waals surface area contributed by atoms with E-state index in [4.69, 9.17) is 23.2 Å². The van der Waals surface area contributed by atoms with Gasteiger partial charge in [0, 0.05) is 59.0 Å². The fourth-order valence-corrected chi connectivity index (χ4v) is 4.40. The molecule has 1 atom stereocenters. The van der Waals surface area contributed by atoms with Crippen molar-refractivity contribution in [2.24, 2.45) is 0 Å². The third-order valence-corrected chi connectivity index (χ3v) is 6.38. The number of benzene rings is 2. The van der Waals surface area contributed by atoms with Gasteiger partial charge in [0.2, 0.25) is 0 Å². The molecule has 1 saturated heterocycles. The number of halogens is 3. The molecule has 0 saturated carbocycles. The summed E-state index contributed by atoms with van der Waals surface area (Å²) in [6.45, 7) is 2.71. The van der Waals surface area contributed by atoms with E-state index in [0.717, 1.165) is 26.6 Å². The molecule has 2 N–H and O–H groups in total. The first-order chi connectivity index (χ1) is 13.4. The van der Waals surface area contributed by atoms with E-state index in [2.05, 4.69) is 25.8 Å². The van der Waals surface area contributed by atoms with Crippen LogP contribution in [-0.2, 0) is 4.79 Å². The third kappa shape index (κ3) is 3.74. The smallest absolute Gasteiger partial charge is 0.325 e. The van der Waals surface area contributed by atoms with Gasteiger partial charge in [-0.2, -0.15) is 0 Å². The number of anilines is 1. The van der Waals surface area contributed by atoms with E-state index >= 15 is 0 Å². The van der Waals surface area contributed by atoms with Crippen LogP contribution < -0.4 is 4.90 Å². The Bertz CT molecular complexity index is 1030. The third-order valence-electron chi connectivity index (χ3n) is 5.15. The summed E-state index contributed by atoms with van der Waals surface area (Å²) in [7, 11) is 0. The predicted molar refractivity (Wildman–Crippen MR) is 117 cm³/mol. The monoisotopic (exact) mass is 481 g/mol. The van der Waals surface area contributed by atoms with Crippen LogP contribution in [0.15, 0.2) is 47.1 Å². The van der Waals surface area contributed by atoms with E-state index in [1.807, 2.05) is 35.2 Å². The van der Waals surface area contributed by atoms with Gasteiger partial charge < -0.3 is 15.0 Å². The standard InChI is InChI=1S/C20H18BrCl2N3O2/c21-12-1-4-18-14(9-12)15(11-24-18)19(20(27)28)26-7-5-25(6-8-26)13-2-3-16(22)17(23)10-13/h1-4,9-11,19,24H,5-8H2,(H,27,28)/t19-/m0/s1. The second kappa shape index (κ2) is 7.95. The van der Waals surface area contributed by atoms with Crippen molar-refractivity contribution >= 4 is 61.7 Å². The molecule has 1 aliphatic heterocycles. The number of piperazine rings is 1. The molecule has 28 heavy (non-hydrogen) atoms. The molecule has 2 heterocycles. The SMILES string of the molecule is O=C(O)[C@H](c1c[nH]c2ccc(Br)cc12)N1CCN(c2ccc(Cl)c(Cl)c2)CC1. The van der Waals surface area contributed by atoms with Crippen molar-refractivity contribution in [1.82, 2.24) is 9.88 Å². The van der Waals surface area contributed by atoms with Crippen molar-refractivity contribution in [3.63, 3.8) is 0 Å². The number of aromatic nitrogens is 1. The van der Waals surface area contributed by atoms with Crippen molar-refractivity contribution in [3.05, 3.63) is 62.7 Å². The lowest BCUT2D eigenvalue weighted by molar-refractivity contribution is -0.143. The van der Waals surface area contributed by atoms with Crippen LogP contribution >= 0.6 is 39.1 Å². The number of nitrogens with one attached hydrogen (secondary N) is 1. The van der Waals surface area contributed by atoms with Crippen LogP contribution in [0.25, 0.3) is 10.9 Å². The topological polar surface area (TPSA) is 59.6 Å². The van der Waals surface area contributed by atoms with Gasteiger partial charge in [-0.05, 0) is 36.4 Å². The molecular formula is C20H18BrCl2N3O2. The fourth-order valence-electron chi connectivity index (χ4n) is 3.75. The minimum absolute atomic E-state index is 0.523. The van der Waals surface area contributed by atoms with Gasteiger partial charge in [0.1, 0.15) is 6.04 Å². The molecule has 8 heteroatoms. The Kier molecular flexibility index (Phi) is 5.56. The summed E-state index contributed by atoms with van der Waals surface area (Å²) in [5, 5.41) is 11.9. The van der Waals surface area contributed by atoms with Gasteiger partial charge in [0.15, 0.2) is 0 Å². The van der Waals surface area contributed by atoms with Gasteiger partial charge in [-0.1, -0.05) is 39.1 Å². The number of rotatable bonds is 4. The second-order valence-electron chi connectivity index (χ2n) is 6.80. The summed E-state index contributed by atoms with van der Waals surface area (Å²) >= 11 is 15.6. The Morgan fingerprint density at radius 2 is 1.82 bits per heavy atom. The predicted octanol–water partition coefficient (Wildman–Crippen LogP) is 5.19. The Labute approximate surface area is 181 Å². The average molecular weight is 483 g/mol. The van der Waals surface area contributed by atoms with Crippen molar-refractivity contribution in [2.75, 3.05) is 31.1 Å². The molecule has 1 fully saturated rings. The molecule has 3 aromatic rings. The first-order valence-corrected chi connectivity index (χ1v) is 10.4. The molecule has 1 aliphatic rings. The van der Waals surface area contributed by atoms with Gasteiger partial charge in [-0.25, -0.2) is 0 Å². The average Bonchev–Trinajstić information content (AvgIpc) is 3.07. The minimum Gasteiger partial charge on any atom is -0.480 e. The number of fused-ring (bicyclic) bond motifs is 1. The Balaban J connectivity index is 1.56. The minimum atomic E-state index is -0.844. The molecule has 4 rings (SSSR count). The van der Waals surface area contributed by atoms with Crippen LogP contribution in [0.3, 0.4) is 0 Å². The number of carbonyl (C=O) groups is 1. The van der Waals surface area contributed by atoms with Crippen LogP contribution in [0.4, 0.5) is 5.69 Å². The molecule has 0 bridgehead atoms. The van der Waals surface area contributed by atoms with E-state index < -0.39 is 12.0 Å². The zero-order valence-corrected chi connectivity index (χ0v) is 17.9. The molecule has 2 aromatic carbocycles. The summed E-state index contributed by atoms with van der Waals surface area (Å²) in [5.41, 5.74) is 2.71. The summed E-state index contributed by atoms with van der Waals surface area (Å²) in [6.07, 6.45) is 1.81. The molecule has 146 valence electrons. The largest absolute Gasteiger partial charge is 0.480 e. The van der Waals surface area contributed by atoms with E-state index in [1.165, 1.54) is 0 Å². The highest BCUT2D eigenvalue weighted by atomic mass is 79.9. The Hall–Kier alpha value is -1.73. The summed E-state index contributed by atoms with van der Waals surface area (Å²) in [5.74, 6) is -0.844. The first-order valence-electron chi connectivity index (χ1n) is 8.87. The van der Waals surface area contributed by atoms with E-state index in [-0.39, 0.29) is 0 Å². The van der Waals surface area contributed by atoms with E-state index in [0.29, 0.717) is 36.2 Å². The fraction of sp³-hybridized carbons (Fsp3) is 0.250. The molecule has 0 unspecified atom stereocenters. The quantitative estimate of drug-likeness (QED) is 0.537. The van der Waals surface area contributed by atoms with Crippen LogP contribution in [-0.4, -0.2) is 47.1 Å². The van der Waals surface area contributed by atoms with Crippen molar-refractivity contribution in [3.8, 4) is 0 Å². The van der Waals surface area contributed by atoms with Gasteiger partial charge in [0.25, 0.3) is 0 Å². The maximum Gasteiger partial charge on any atom is 0.325 e. The number of carboxylic acid groups (broad SMARTS) is 1. The van der Waals surface area contributed by atoms with Gasteiger partial charge in [-0.15, -0.1) is 0 Å². The molecule has 0 aliphatic carbocycles. The van der Waals surface area contributed by atoms with E-state index in [9.17, 15) is 9.90 Å². The molecule has 5 nitrogen and oxygen atoms in total. The highest BCUT2D eigenvalue weighted by Gasteiger charge is 2.32. The number of nitrogens with zero attached hydrogens (tertiary/aromatic N) is 2. The normalized spacial score (nSPS) is 16.5. The maximum absolute atomic E-state index is 12.1. The number of aromatic amines is 1. The van der Waals surface area contributed by atoms with Crippen LogP contribution in [0, 0.1) is 0 Å². The summed E-state index contributed by atoms with van der Waals surface area (Å²) in [4.78, 5) is 19.5. The number of hydrogen-bond donors (Lipinski definition) is 2. The van der Waals surface area contributed by atoms with Gasteiger partial charge >= 0.3 is 5.97 Å². The van der Waals surface area contributed by atoms with Gasteiger partial charge in [-0.3, -0.25) is 9.69 Å². The van der Waals surface area contributed by atoms with Crippen molar-refractivity contribution in [1.29, 1.82) is 0 Å². The van der Waals surface area contributed by atoms with Gasteiger partial charge in [0.05, 0.1) is 10.0 Å². The second-order valence-corrected chi connectivity index (χ2v) is 8.53. The molecule has 0 radical (unpaired) electrons. The highest BCUT2D eigenvalue weighted by Crippen LogP contribution is 2.33. The van der Waals surface area contributed by atoms with Crippen LogP contribution in [0.1, 0.15) is 11.6 Å². The maximum atomic E-state index is 12.1. The summed E-state index contributed by atoms with van der Waals surface area (Å²) < 4.78 is 0.925. The summed E-state index contributed by atoms with van der Waals surface area (Å²) in [6, 6.07) is 10.7. The van der Waals surface area contributed by atoms with Crippen molar-refractivity contribution in [2.45, 2.75) is 6.04 Å². The Morgan fingerprint density at radius 1 is 1.07 bits per heavy atom. The first kappa shape index (κ1) is 19.6. The zero-order chi connectivity index (χ0) is 19.8. The number of carboxylic acids is 1. The molecular weight excluding hydrogens is 465 g/mol. The lowest BCUT2D eigenvalue weighted by atomic mass is 10.0. The number of hydrogen-bond acceptors (Lipinski definition) is 3. The van der Waals surface area contributed by atoms with Crippen LogP contribution in [0.2, 0.25) is 10.0 Å². The Morgan fingerprint density at radius 3 is 2.50 bits per heavy atom. The zero-order valence-electron chi connectivity index (χ0n) is 14.8. The lowest BCUT2D eigenvalue weighted by Gasteiger charge is -2.38. The van der Waals surface area contributed by atoms with E-state index in [1.54, 1.807) is 12.3 Å². The van der Waals surface area contributed by atoms with Crippen LogP contribution in [0.5, 0.6) is 0 Å². The lowest BCUT2D eigenvalue weighted by Crippen LogP contribution is -2.49. The molecule has 0 amide bonds. The number of H-pyrrole nitrogens is 1. The van der Waals surface area contributed by atoms with Crippen molar-refractivity contribution < 1.29 is 9.90 Å². The molecule has 0 spiro atoms. The number of aliphatic carboxylic acids is 1. The highest BCUT2D eigenvalue weighted by molar-refractivity contribution is 9.10.